The van der Waals surface area contributed by atoms with E-state index in [1.165, 1.54) is 0 Å². The number of hydrogen-bond donors (Lipinski definition) is 0. The number of amides is 2. The van der Waals surface area contributed by atoms with Gasteiger partial charge in [-0.25, -0.2) is 0 Å². The molecule has 1 fully saturated rings. The second-order valence-corrected chi connectivity index (χ2v) is 7.48. The van der Waals surface area contributed by atoms with E-state index in [1.807, 2.05) is 48.5 Å². The van der Waals surface area contributed by atoms with E-state index in [-0.39, 0.29) is 25.0 Å². The first-order chi connectivity index (χ1) is 14.7. The number of para-hydroxylation sites is 3. The summed E-state index contributed by atoms with van der Waals surface area (Å²) >= 11 is 0. The lowest BCUT2D eigenvalue weighted by Gasteiger charge is -2.37. The molecule has 30 heavy (non-hydrogen) atoms. The van der Waals surface area contributed by atoms with Crippen LogP contribution in [-0.4, -0.2) is 67.1 Å². The second kappa shape index (κ2) is 7.74. The van der Waals surface area contributed by atoms with Crippen LogP contribution in [0, 0.1) is 0 Å². The maximum absolute atomic E-state index is 12.9. The van der Waals surface area contributed by atoms with E-state index in [1.54, 1.807) is 15.9 Å². The van der Waals surface area contributed by atoms with E-state index in [0.29, 0.717) is 43.3 Å². The molecule has 2 amide bonds. The molecular weight excluding hydrogens is 384 g/mol. The van der Waals surface area contributed by atoms with E-state index in [4.69, 9.17) is 14.2 Å². The Hall–Kier alpha value is -3.48. The van der Waals surface area contributed by atoms with Gasteiger partial charge in [0.1, 0.15) is 19.0 Å². The van der Waals surface area contributed by atoms with Crippen LogP contribution in [0.5, 0.6) is 17.2 Å². The minimum Gasteiger partial charge on any atom is -0.488 e. The number of hydrogen-bond acceptors (Lipinski definition) is 5. The lowest BCUT2D eigenvalue weighted by molar-refractivity contribution is -0.145. The Bertz CT molecular complexity index is 1010. The van der Waals surface area contributed by atoms with Crippen molar-refractivity contribution in [2.45, 2.75) is 6.10 Å². The molecule has 2 aromatic rings. The first-order valence-electron chi connectivity index (χ1n) is 10.1. The largest absolute Gasteiger partial charge is 0.488 e. The smallest absolute Gasteiger partial charge is 0.267 e. The molecule has 0 saturated carbocycles. The molecule has 2 aromatic carbocycles. The highest BCUT2D eigenvalue weighted by molar-refractivity contribution is 5.99. The Labute approximate surface area is 174 Å². The molecule has 3 heterocycles. The van der Waals surface area contributed by atoms with Crippen molar-refractivity contribution in [2.24, 2.45) is 0 Å². The van der Waals surface area contributed by atoms with E-state index in [0.717, 1.165) is 11.3 Å². The molecule has 0 aromatic heterocycles. The first kappa shape index (κ1) is 18.5. The van der Waals surface area contributed by atoms with Crippen molar-refractivity contribution in [3.63, 3.8) is 0 Å². The summed E-state index contributed by atoms with van der Waals surface area (Å²) in [6, 6.07) is 15.0. The van der Waals surface area contributed by atoms with Gasteiger partial charge in [0.15, 0.2) is 11.5 Å². The second-order valence-electron chi connectivity index (χ2n) is 7.48. The van der Waals surface area contributed by atoms with Gasteiger partial charge in [-0.15, -0.1) is 0 Å². The Morgan fingerprint density at radius 1 is 0.800 bits per heavy atom. The summed E-state index contributed by atoms with van der Waals surface area (Å²) in [5.74, 6) is 1.89. The summed E-state index contributed by atoms with van der Waals surface area (Å²) in [5, 5.41) is 0. The van der Waals surface area contributed by atoms with E-state index >= 15 is 0 Å². The minimum atomic E-state index is -0.659. The Morgan fingerprint density at radius 2 is 1.47 bits per heavy atom. The quantitative estimate of drug-likeness (QED) is 0.763. The van der Waals surface area contributed by atoms with Crippen LogP contribution in [-0.2, 0) is 9.59 Å². The highest BCUT2D eigenvalue weighted by Gasteiger charge is 2.34. The normalized spacial score (nSPS) is 20.0. The fourth-order valence-corrected chi connectivity index (χ4v) is 3.92. The van der Waals surface area contributed by atoms with Gasteiger partial charge in [-0.05, 0) is 24.3 Å². The Morgan fingerprint density at radius 3 is 2.27 bits per heavy atom. The molecule has 0 aliphatic carbocycles. The van der Waals surface area contributed by atoms with Crippen LogP contribution < -0.4 is 14.2 Å². The predicted molar refractivity (Wildman–Crippen MR) is 109 cm³/mol. The van der Waals surface area contributed by atoms with E-state index in [2.05, 4.69) is 0 Å². The third-order valence-corrected chi connectivity index (χ3v) is 5.57. The molecule has 0 spiro atoms. The van der Waals surface area contributed by atoms with Crippen LogP contribution in [0.25, 0.3) is 6.08 Å². The van der Waals surface area contributed by atoms with Crippen molar-refractivity contribution in [3.8, 4) is 17.2 Å². The molecular formula is C23H22N2O5. The van der Waals surface area contributed by atoms with Gasteiger partial charge in [-0.3, -0.25) is 9.59 Å². The van der Waals surface area contributed by atoms with E-state index in [9.17, 15) is 9.59 Å². The summed E-state index contributed by atoms with van der Waals surface area (Å²) in [6.45, 7) is 2.36. The van der Waals surface area contributed by atoms with Crippen LogP contribution in [0.4, 0.5) is 0 Å². The number of fused-ring (bicyclic) bond motifs is 2. The van der Waals surface area contributed by atoms with Crippen LogP contribution in [0.15, 0.2) is 54.1 Å². The molecule has 7 heteroatoms. The molecule has 3 aliphatic rings. The van der Waals surface area contributed by atoms with Crippen LogP contribution in [0.2, 0.25) is 0 Å². The van der Waals surface area contributed by atoms with Gasteiger partial charge < -0.3 is 24.0 Å². The highest BCUT2D eigenvalue weighted by Crippen LogP contribution is 2.31. The molecule has 0 radical (unpaired) electrons. The number of carbonyl (C=O) groups excluding carboxylic acids is 2. The number of piperazine rings is 1. The molecule has 3 aliphatic heterocycles. The first-order valence-corrected chi connectivity index (χ1v) is 10.1. The summed E-state index contributed by atoms with van der Waals surface area (Å²) < 4.78 is 17.2. The standard InChI is InChI=1S/C23H22N2O5/c26-22(17-13-16-5-1-2-6-18(16)28-14-17)24-9-11-25(12-10-24)23(27)21-15-29-19-7-3-4-8-20(19)30-21/h1-8,13,21H,9-12,14-15H2. The number of carbonyl (C=O) groups is 2. The summed E-state index contributed by atoms with van der Waals surface area (Å²) in [7, 11) is 0. The molecule has 154 valence electrons. The highest BCUT2D eigenvalue weighted by atomic mass is 16.6. The van der Waals surface area contributed by atoms with Gasteiger partial charge in [0.2, 0.25) is 6.10 Å². The molecule has 1 atom stereocenters. The van der Waals surface area contributed by atoms with Crippen LogP contribution >= 0.6 is 0 Å². The van der Waals surface area contributed by atoms with Crippen molar-refractivity contribution in [1.29, 1.82) is 0 Å². The van der Waals surface area contributed by atoms with Gasteiger partial charge in [-0.2, -0.15) is 0 Å². The van der Waals surface area contributed by atoms with Gasteiger partial charge >= 0.3 is 0 Å². The number of rotatable bonds is 2. The zero-order valence-electron chi connectivity index (χ0n) is 16.5. The molecule has 0 bridgehead atoms. The topological polar surface area (TPSA) is 68.3 Å². The van der Waals surface area contributed by atoms with Gasteiger partial charge in [0.25, 0.3) is 11.8 Å². The molecule has 7 nitrogen and oxygen atoms in total. The van der Waals surface area contributed by atoms with Crippen molar-refractivity contribution < 1.29 is 23.8 Å². The number of nitrogens with zero attached hydrogens (tertiary/aromatic N) is 2. The van der Waals surface area contributed by atoms with Crippen LogP contribution in [0.3, 0.4) is 0 Å². The third-order valence-electron chi connectivity index (χ3n) is 5.57. The monoisotopic (exact) mass is 406 g/mol. The molecule has 5 rings (SSSR count). The lowest BCUT2D eigenvalue weighted by atomic mass is 10.1. The predicted octanol–water partition coefficient (Wildman–Crippen LogP) is 1.97. The average molecular weight is 406 g/mol. The molecule has 1 saturated heterocycles. The maximum Gasteiger partial charge on any atom is 0.267 e. The summed E-state index contributed by atoms with van der Waals surface area (Å²) in [4.78, 5) is 29.3. The van der Waals surface area contributed by atoms with Crippen molar-refractivity contribution in [1.82, 2.24) is 9.80 Å². The Kier molecular flexibility index (Phi) is 4.78. The van der Waals surface area contributed by atoms with Gasteiger partial charge in [0, 0.05) is 31.7 Å². The average Bonchev–Trinajstić information content (AvgIpc) is 2.82. The number of ether oxygens (including phenoxy) is 3. The Balaban J connectivity index is 1.19. The van der Waals surface area contributed by atoms with Crippen molar-refractivity contribution in [2.75, 3.05) is 39.4 Å². The summed E-state index contributed by atoms with van der Waals surface area (Å²) in [5.41, 5.74) is 1.55. The van der Waals surface area contributed by atoms with E-state index < -0.39 is 6.10 Å². The van der Waals surface area contributed by atoms with Gasteiger partial charge in [0.05, 0.1) is 5.57 Å². The van der Waals surface area contributed by atoms with Crippen molar-refractivity contribution in [3.05, 3.63) is 59.7 Å². The fourth-order valence-electron chi connectivity index (χ4n) is 3.92. The fraction of sp³-hybridized carbons (Fsp3) is 0.304. The lowest BCUT2D eigenvalue weighted by Crippen LogP contribution is -2.55. The zero-order valence-corrected chi connectivity index (χ0v) is 16.5. The third kappa shape index (κ3) is 3.47. The number of benzene rings is 2. The zero-order chi connectivity index (χ0) is 20.5. The minimum absolute atomic E-state index is 0.0391. The van der Waals surface area contributed by atoms with Gasteiger partial charge in [-0.1, -0.05) is 30.3 Å². The molecule has 1 unspecified atom stereocenters. The van der Waals surface area contributed by atoms with Crippen molar-refractivity contribution >= 4 is 17.9 Å². The maximum atomic E-state index is 12.9. The SMILES string of the molecule is O=C(C1=Cc2ccccc2OC1)N1CCN(C(=O)C2COc3ccccc3O2)CC1. The van der Waals surface area contributed by atoms with Crippen LogP contribution in [0.1, 0.15) is 5.56 Å². The molecule has 0 N–H and O–H groups in total. The summed E-state index contributed by atoms with van der Waals surface area (Å²) in [6.07, 6.45) is 1.23.